The Morgan fingerprint density at radius 3 is 2.36 bits per heavy atom. The Morgan fingerprint density at radius 1 is 1.36 bits per heavy atom. The van der Waals surface area contributed by atoms with Gasteiger partial charge >= 0.3 is 0 Å². The average molecular weight is 155 g/mol. The molecule has 1 unspecified atom stereocenters. The molecule has 1 fully saturated rings. The Bertz CT molecular complexity index is 163. The fourth-order valence-electron chi connectivity index (χ4n) is 1.74. The van der Waals surface area contributed by atoms with E-state index in [4.69, 9.17) is 5.26 Å². The summed E-state index contributed by atoms with van der Waals surface area (Å²) in [5.74, 6) is -0.0127. The summed E-state index contributed by atoms with van der Waals surface area (Å²) in [6, 6.07) is 1.74. The van der Waals surface area contributed by atoms with E-state index < -0.39 is 5.67 Å². The highest BCUT2D eigenvalue weighted by Crippen LogP contribution is 2.34. The highest BCUT2D eigenvalue weighted by Gasteiger charge is 2.34. The van der Waals surface area contributed by atoms with Gasteiger partial charge in [0, 0.05) is 5.92 Å². The van der Waals surface area contributed by atoms with Gasteiger partial charge in [-0.1, -0.05) is 19.3 Å². The molecule has 62 valence electrons. The molecule has 1 saturated carbocycles. The van der Waals surface area contributed by atoms with Gasteiger partial charge in [-0.2, -0.15) is 5.26 Å². The van der Waals surface area contributed by atoms with Crippen molar-refractivity contribution in [2.75, 3.05) is 0 Å². The molecule has 1 aliphatic rings. The average Bonchev–Trinajstić information content (AvgIpc) is 2.06. The van der Waals surface area contributed by atoms with Gasteiger partial charge in [-0.3, -0.25) is 0 Å². The highest BCUT2D eigenvalue weighted by atomic mass is 19.1. The molecule has 0 bridgehead atoms. The highest BCUT2D eigenvalue weighted by molar-refractivity contribution is 5.02. The third-order valence-corrected chi connectivity index (χ3v) is 2.59. The van der Waals surface area contributed by atoms with E-state index in [9.17, 15) is 4.39 Å². The molecule has 0 saturated heterocycles. The molecular formula is C9H14FN. The van der Waals surface area contributed by atoms with E-state index in [1.54, 1.807) is 6.07 Å². The van der Waals surface area contributed by atoms with Crippen molar-refractivity contribution in [2.24, 2.45) is 5.92 Å². The van der Waals surface area contributed by atoms with Gasteiger partial charge in [-0.05, 0) is 19.8 Å². The third-order valence-electron chi connectivity index (χ3n) is 2.59. The van der Waals surface area contributed by atoms with Crippen molar-refractivity contribution in [1.82, 2.24) is 0 Å². The molecule has 0 aromatic carbocycles. The first-order valence-electron chi connectivity index (χ1n) is 4.27. The van der Waals surface area contributed by atoms with Crippen molar-refractivity contribution < 1.29 is 4.39 Å². The standard InChI is InChI=1S/C9H14FN/c1-9(10,7-11)8-5-3-2-4-6-8/h8H,2-6H2,1H3. The van der Waals surface area contributed by atoms with Gasteiger partial charge in [0.2, 0.25) is 0 Å². The van der Waals surface area contributed by atoms with Gasteiger partial charge in [0.05, 0.1) is 0 Å². The minimum atomic E-state index is -1.58. The predicted molar refractivity (Wildman–Crippen MR) is 41.7 cm³/mol. The molecule has 0 spiro atoms. The largest absolute Gasteiger partial charge is 0.227 e. The van der Waals surface area contributed by atoms with Crippen LogP contribution < -0.4 is 0 Å². The van der Waals surface area contributed by atoms with Crippen LogP contribution in [-0.2, 0) is 0 Å². The van der Waals surface area contributed by atoms with Crippen molar-refractivity contribution in [3.63, 3.8) is 0 Å². The van der Waals surface area contributed by atoms with Crippen LogP contribution in [-0.4, -0.2) is 5.67 Å². The molecular weight excluding hydrogens is 141 g/mol. The zero-order valence-electron chi connectivity index (χ0n) is 6.94. The molecule has 0 heterocycles. The van der Waals surface area contributed by atoms with Crippen LogP contribution in [0, 0.1) is 17.2 Å². The lowest BCUT2D eigenvalue weighted by Crippen LogP contribution is -2.29. The number of nitrogens with zero attached hydrogens (tertiary/aromatic N) is 1. The van der Waals surface area contributed by atoms with Gasteiger partial charge in [0.25, 0.3) is 0 Å². The summed E-state index contributed by atoms with van der Waals surface area (Å²) < 4.78 is 13.3. The summed E-state index contributed by atoms with van der Waals surface area (Å²) in [6.45, 7) is 1.41. The lowest BCUT2D eigenvalue weighted by Gasteiger charge is -2.27. The van der Waals surface area contributed by atoms with Crippen LogP contribution >= 0.6 is 0 Å². The maximum absolute atomic E-state index is 13.3. The van der Waals surface area contributed by atoms with E-state index in [0.29, 0.717) is 0 Å². The summed E-state index contributed by atoms with van der Waals surface area (Å²) in [7, 11) is 0. The molecule has 0 radical (unpaired) electrons. The van der Waals surface area contributed by atoms with Gasteiger partial charge in [0.15, 0.2) is 5.67 Å². The van der Waals surface area contributed by atoms with Crippen LogP contribution in [0.3, 0.4) is 0 Å². The Kier molecular flexibility index (Phi) is 2.49. The second-order valence-electron chi connectivity index (χ2n) is 3.52. The van der Waals surface area contributed by atoms with Gasteiger partial charge in [-0.25, -0.2) is 4.39 Å². The number of nitriles is 1. The number of alkyl halides is 1. The first-order chi connectivity index (χ1) is 5.17. The normalized spacial score (nSPS) is 25.5. The fraction of sp³-hybridized carbons (Fsp3) is 0.889. The molecule has 1 aliphatic carbocycles. The molecule has 1 nitrogen and oxygen atoms in total. The van der Waals surface area contributed by atoms with E-state index >= 15 is 0 Å². The van der Waals surface area contributed by atoms with Crippen molar-refractivity contribution in [3.8, 4) is 6.07 Å². The Balaban J connectivity index is 2.52. The minimum Gasteiger partial charge on any atom is -0.227 e. The van der Waals surface area contributed by atoms with Crippen molar-refractivity contribution in [3.05, 3.63) is 0 Å². The zero-order chi connectivity index (χ0) is 8.32. The third kappa shape index (κ3) is 1.92. The monoisotopic (exact) mass is 155 g/mol. The second-order valence-corrected chi connectivity index (χ2v) is 3.52. The lowest BCUT2D eigenvalue weighted by molar-refractivity contribution is 0.131. The predicted octanol–water partition coefficient (Wildman–Crippen LogP) is 2.82. The van der Waals surface area contributed by atoms with Gasteiger partial charge < -0.3 is 0 Å². The summed E-state index contributed by atoms with van der Waals surface area (Å²) in [5, 5.41) is 8.52. The molecule has 0 aromatic heterocycles. The second kappa shape index (κ2) is 3.21. The fourth-order valence-corrected chi connectivity index (χ4v) is 1.74. The lowest BCUT2D eigenvalue weighted by atomic mass is 9.80. The maximum Gasteiger partial charge on any atom is 0.196 e. The molecule has 2 heteroatoms. The van der Waals surface area contributed by atoms with Crippen LogP contribution in [0.25, 0.3) is 0 Å². The van der Waals surface area contributed by atoms with Crippen LogP contribution in [0.1, 0.15) is 39.0 Å². The number of hydrogen-bond donors (Lipinski definition) is 0. The number of halogens is 1. The van der Waals surface area contributed by atoms with E-state index in [-0.39, 0.29) is 5.92 Å². The van der Waals surface area contributed by atoms with E-state index in [0.717, 1.165) is 25.7 Å². The first kappa shape index (κ1) is 8.52. The zero-order valence-corrected chi connectivity index (χ0v) is 6.94. The Morgan fingerprint density at radius 2 is 1.91 bits per heavy atom. The van der Waals surface area contributed by atoms with Gasteiger partial charge in [0.1, 0.15) is 6.07 Å². The molecule has 11 heavy (non-hydrogen) atoms. The summed E-state index contributed by atoms with van der Waals surface area (Å²) in [5.41, 5.74) is -1.58. The van der Waals surface area contributed by atoms with Crippen LogP contribution in [0.2, 0.25) is 0 Å². The number of rotatable bonds is 1. The van der Waals surface area contributed by atoms with E-state index in [1.165, 1.54) is 13.3 Å². The van der Waals surface area contributed by atoms with Crippen molar-refractivity contribution in [2.45, 2.75) is 44.7 Å². The molecule has 0 amide bonds. The molecule has 0 aliphatic heterocycles. The quantitative estimate of drug-likeness (QED) is 0.571. The van der Waals surface area contributed by atoms with Crippen LogP contribution in [0.4, 0.5) is 4.39 Å². The molecule has 0 N–H and O–H groups in total. The topological polar surface area (TPSA) is 23.8 Å². The van der Waals surface area contributed by atoms with Crippen molar-refractivity contribution in [1.29, 1.82) is 5.26 Å². The number of hydrogen-bond acceptors (Lipinski definition) is 1. The minimum absolute atomic E-state index is 0.0127. The summed E-state index contributed by atoms with van der Waals surface area (Å²) >= 11 is 0. The SMILES string of the molecule is CC(F)(C#N)C1CCCCC1. The summed E-state index contributed by atoms with van der Waals surface area (Å²) in [6.07, 6.45) is 5.16. The van der Waals surface area contributed by atoms with E-state index in [2.05, 4.69) is 0 Å². The smallest absolute Gasteiger partial charge is 0.196 e. The van der Waals surface area contributed by atoms with Crippen LogP contribution in [0.15, 0.2) is 0 Å². The molecule has 0 aromatic rings. The molecule has 1 atom stereocenters. The Labute approximate surface area is 67.2 Å². The molecule has 1 rings (SSSR count). The first-order valence-corrected chi connectivity index (χ1v) is 4.27. The van der Waals surface area contributed by atoms with Crippen molar-refractivity contribution >= 4 is 0 Å². The van der Waals surface area contributed by atoms with Gasteiger partial charge in [-0.15, -0.1) is 0 Å². The maximum atomic E-state index is 13.3. The Hall–Kier alpha value is -0.580. The van der Waals surface area contributed by atoms with Crippen LogP contribution in [0.5, 0.6) is 0 Å². The summed E-state index contributed by atoms with van der Waals surface area (Å²) in [4.78, 5) is 0. The van der Waals surface area contributed by atoms with E-state index in [1.807, 2.05) is 0 Å².